The molecule has 7 nitrogen and oxygen atoms in total. The monoisotopic (exact) mass is 474 g/mol. The average molecular weight is 475 g/mol. The van der Waals surface area contributed by atoms with Crippen molar-refractivity contribution in [3.63, 3.8) is 0 Å². The van der Waals surface area contributed by atoms with Crippen LogP contribution in [0.15, 0.2) is 53.0 Å². The number of amides is 2. The Kier molecular flexibility index (Phi) is 6.58. The fourth-order valence-corrected chi connectivity index (χ4v) is 3.61. The van der Waals surface area contributed by atoms with E-state index in [1.807, 2.05) is 0 Å². The highest BCUT2D eigenvalue weighted by Gasteiger charge is 2.47. The van der Waals surface area contributed by atoms with E-state index in [9.17, 15) is 19.5 Å². The summed E-state index contributed by atoms with van der Waals surface area (Å²) in [5.41, 5.74) is -0.0208. The van der Waals surface area contributed by atoms with Gasteiger partial charge in [0.25, 0.3) is 5.91 Å². The summed E-state index contributed by atoms with van der Waals surface area (Å²) in [6.45, 7) is 3.28. The quantitative estimate of drug-likeness (QED) is 0.595. The van der Waals surface area contributed by atoms with Crippen LogP contribution in [0.4, 0.5) is 0 Å². The maximum absolute atomic E-state index is 13.1. The lowest BCUT2D eigenvalue weighted by Gasteiger charge is -2.30. The van der Waals surface area contributed by atoms with Crippen molar-refractivity contribution in [2.75, 3.05) is 6.61 Å². The molecule has 3 rings (SSSR count). The second-order valence-electron chi connectivity index (χ2n) is 7.47. The van der Waals surface area contributed by atoms with Crippen LogP contribution in [-0.4, -0.2) is 47.0 Å². The standard InChI is InChI=1S/C22H23BrN2O5/c1-13-22(2,19(27)12-30-13)25-21(29)18(10-14-6-8-17(26)9-7-14)24-20(28)15-4-3-5-16(23)11-15/h3-9,11,13,18,26H,10,12H2,1-2H3,(H,24,28)(H,25,29). The molecule has 2 aromatic rings. The number of ketones is 1. The highest BCUT2D eigenvalue weighted by molar-refractivity contribution is 9.10. The molecule has 3 unspecified atom stereocenters. The minimum atomic E-state index is -1.16. The molecule has 1 aliphatic heterocycles. The largest absolute Gasteiger partial charge is 0.508 e. The first-order valence-corrected chi connectivity index (χ1v) is 10.3. The van der Waals surface area contributed by atoms with Crippen molar-refractivity contribution < 1.29 is 24.2 Å². The average Bonchev–Trinajstić information content (AvgIpc) is 2.96. The summed E-state index contributed by atoms with van der Waals surface area (Å²) in [7, 11) is 0. The number of benzene rings is 2. The molecule has 158 valence electrons. The Bertz CT molecular complexity index is 962. The summed E-state index contributed by atoms with van der Waals surface area (Å²) in [5, 5.41) is 15.0. The number of hydrogen-bond donors (Lipinski definition) is 3. The van der Waals surface area contributed by atoms with E-state index in [1.54, 1.807) is 50.2 Å². The van der Waals surface area contributed by atoms with Gasteiger partial charge in [-0.15, -0.1) is 0 Å². The Balaban J connectivity index is 1.82. The van der Waals surface area contributed by atoms with Gasteiger partial charge >= 0.3 is 0 Å². The van der Waals surface area contributed by atoms with E-state index in [2.05, 4.69) is 26.6 Å². The zero-order valence-corrected chi connectivity index (χ0v) is 18.2. The number of carbonyl (C=O) groups excluding carboxylic acids is 3. The Hall–Kier alpha value is -2.71. The molecular formula is C22H23BrN2O5. The molecule has 30 heavy (non-hydrogen) atoms. The van der Waals surface area contributed by atoms with Crippen molar-refractivity contribution in [3.8, 4) is 5.75 Å². The first-order chi connectivity index (χ1) is 14.2. The van der Waals surface area contributed by atoms with E-state index in [0.29, 0.717) is 5.56 Å². The first kappa shape index (κ1) is 22.0. The smallest absolute Gasteiger partial charge is 0.251 e. The molecule has 0 aromatic heterocycles. The van der Waals surface area contributed by atoms with Gasteiger partial charge in [0, 0.05) is 16.5 Å². The maximum Gasteiger partial charge on any atom is 0.251 e. The number of halogens is 1. The zero-order chi connectivity index (χ0) is 21.9. The molecule has 8 heteroatoms. The summed E-state index contributed by atoms with van der Waals surface area (Å²) < 4.78 is 6.11. The predicted molar refractivity (Wildman–Crippen MR) is 114 cm³/mol. The zero-order valence-electron chi connectivity index (χ0n) is 16.6. The lowest BCUT2D eigenvalue weighted by molar-refractivity contribution is -0.130. The van der Waals surface area contributed by atoms with Crippen molar-refractivity contribution in [2.24, 2.45) is 0 Å². The van der Waals surface area contributed by atoms with Crippen LogP contribution in [0.5, 0.6) is 5.75 Å². The Morgan fingerprint density at radius 1 is 1.27 bits per heavy atom. The number of ether oxygens (including phenoxy) is 1. The molecule has 2 aromatic carbocycles. The van der Waals surface area contributed by atoms with Gasteiger partial charge in [-0.25, -0.2) is 0 Å². The van der Waals surface area contributed by atoms with Gasteiger partial charge in [-0.2, -0.15) is 0 Å². The molecule has 3 atom stereocenters. The third-order valence-corrected chi connectivity index (χ3v) is 5.82. The Labute approximate surface area is 182 Å². The van der Waals surface area contributed by atoms with E-state index in [-0.39, 0.29) is 24.6 Å². The molecule has 1 saturated heterocycles. The van der Waals surface area contributed by atoms with Gasteiger partial charge in [0.1, 0.15) is 23.9 Å². The van der Waals surface area contributed by atoms with Gasteiger partial charge in [-0.1, -0.05) is 34.1 Å². The summed E-state index contributed by atoms with van der Waals surface area (Å²) in [6.07, 6.45) is -0.296. The predicted octanol–water partition coefficient (Wildman–Crippen LogP) is 2.36. The summed E-state index contributed by atoms with van der Waals surface area (Å²) in [4.78, 5) is 38.1. The molecule has 0 saturated carbocycles. The van der Waals surface area contributed by atoms with Gasteiger partial charge in [0.2, 0.25) is 5.91 Å². The van der Waals surface area contributed by atoms with Crippen molar-refractivity contribution in [1.82, 2.24) is 10.6 Å². The lowest BCUT2D eigenvalue weighted by atomic mass is 9.92. The van der Waals surface area contributed by atoms with E-state index in [0.717, 1.165) is 10.0 Å². The van der Waals surface area contributed by atoms with Crippen molar-refractivity contribution in [1.29, 1.82) is 0 Å². The normalized spacial score (nSPS) is 21.8. The number of phenols is 1. The Morgan fingerprint density at radius 2 is 1.97 bits per heavy atom. The van der Waals surface area contributed by atoms with Gasteiger partial charge in [0.05, 0.1) is 6.10 Å². The summed E-state index contributed by atoms with van der Waals surface area (Å²) in [6, 6.07) is 12.3. The number of aromatic hydroxyl groups is 1. The molecule has 0 aliphatic carbocycles. The van der Waals surface area contributed by atoms with Gasteiger partial charge < -0.3 is 20.5 Å². The van der Waals surface area contributed by atoms with Crippen molar-refractivity contribution >= 4 is 33.5 Å². The van der Waals surface area contributed by atoms with Crippen LogP contribution >= 0.6 is 15.9 Å². The highest BCUT2D eigenvalue weighted by Crippen LogP contribution is 2.22. The van der Waals surface area contributed by atoms with Gasteiger partial charge in [0.15, 0.2) is 5.78 Å². The third-order valence-electron chi connectivity index (χ3n) is 5.32. The molecular weight excluding hydrogens is 452 g/mol. The number of phenolic OH excluding ortho intramolecular Hbond substituents is 1. The molecule has 0 radical (unpaired) electrons. The number of hydrogen-bond acceptors (Lipinski definition) is 5. The van der Waals surface area contributed by atoms with Crippen LogP contribution in [0.3, 0.4) is 0 Å². The molecule has 2 amide bonds. The molecule has 0 spiro atoms. The minimum Gasteiger partial charge on any atom is -0.508 e. The number of Topliss-reactive ketones (excluding diaryl/α,β-unsaturated/α-hetero) is 1. The highest BCUT2D eigenvalue weighted by atomic mass is 79.9. The van der Waals surface area contributed by atoms with E-state index in [4.69, 9.17) is 4.74 Å². The van der Waals surface area contributed by atoms with Gasteiger partial charge in [-0.05, 0) is 49.7 Å². The molecule has 1 fully saturated rings. The first-order valence-electron chi connectivity index (χ1n) is 9.50. The summed E-state index contributed by atoms with van der Waals surface area (Å²) in [5.74, 6) is -1.01. The lowest BCUT2D eigenvalue weighted by Crippen LogP contribution is -2.60. The molecule has 3 N–H and O–H groups in total. The van der Waals surface area contributed by atoms with Crippen LogP contribution in [0.2, 0.25) is 0 Å². The van der Waals surface area contributed by atoms with E-state index in [1.165, 1.54) is 12.1 Å². The number of rotatable bonds is 6. The fourth-order valence-electron chi connectivity index (χ4n) is 3.21. The van der Waals surface area contributed by atoms with E-state index < -0.39 is 29.5 Å². The Morgan fingerprint density at radius 3 is 2.57 bits per heavy atom. The molecule has 0 bridgehead atoms. The molecule has 1 heterocycles. The SMILES string of the molecule is CC1OCC(=O)C1(C)NC(=O)C(Cc1ccc(O)cc1)NC(=O)c1cccc(Br)c1. The van der Waals surface area contributed by atoms with Crippen molar-refractivity contribution in [2.45, 2.75) is 38.0 Å². The second kappa shape index (κ2) is 8.97. The summed E-state index contributed by atoms with van der Waals surface area (Å²) >= 11 is 3.33. The minimum absolute atomic E-state index is 0.0645. The second-order valence-corrected chi connectivity index (χ2v) is 8.39. The van der Waals surface area contributed by atoms with E-state index >= 15 is 0 Å². The van der Waals surface area contributed by atoms with Crippen LogP contribution in [-0.2, 0) is 20.7 Å². The third kappa shape index (κ3) is 4.88. The van der Waals surface area contributed by atoms with Crippen LogP contribution in [0, 0.1) is 0 Å². The molecule has 1 aliphatic rings. The maximum atomic E-state index is 13.1. The van der Waals surface area contributed by atoms with Crippen LogP contribution < -0.4 is 10.6 Å². The van der Waals surface area contributed by atoms with Crippen LogP contribution in [0.25, 0.3) is 0 Å². The van der Waals surface area contributed by atoms with Crippen molar-refractivity contribution in [3.05, 3.63) is 64.1 Å². The fraction of sp³-hybridized carbons (Fsp3) is 0.318. The number of carbonyl (C=O) groups is 3. The van der Waals surface area contributed by atoms with Crippen LogP contribution in [0.1, 0.15) is 29.8 Å². The van der Waals surface area contributed by atoms with Gasteiger partial charge in [-0.3, -0.25) is 14.4 Å². The number of nitrogens with one attached hydrogen (secondary N) is 2. The topological polar surface area (TPSA) is 105 Å².